The van der Waals surface area contributed by atoms with Crippen LogP contribution in [0.5, 0.6) is 0 Å². The number of carbonyl (C=O) groups excluding carboxylic acids is 3. The van der Waals surface area contributed by atoms with Crippen molar-refractivity contribution in [1.29, 1.82) is 0 Å². The number of aliphatic hydroxyl groups is 5. The van der Waals surface area contributed by atoms with E-state index in [1.807, 2.05) is 55.5 Å². The van der Waals surface area contributed by atoms with Gasteiger partial charge < -0.3 is 54.9 Å². The molecule has 4 aliphatic rings. The van der Waals surface area contributed by atoms with Crippen LogP contribution in [0.1, 0.15) is 35.6 Å². The highest BCUT2D eigenvalue weighted by molar-refractivity contribution is 6.71. The minimum atomic E-state index is -3.05. The van der Waals surface area contributed by atoms with Gasteiger partial charge in [0, 0.05) is 29.3 Å². The van der Waals surface area contributed by atoms with Crippen molar-refractivity contribution in [3.8, 4) is 0 Å². The third-order valence-corrected chi connectivity index (χ3v) is 14.1. The summed E-state index contributed by atoms with van der Waals surface area (Å²) in [4.78, 5) is 56.7. The number of ether oxygens (including phenoxy) is 2. The normalized spacial score (nSPS) is 32.1. The van der Waals surface area contributed by atoms with Crippen molar-refractivity contribution in [3.63, 3.8) is 0 Å². The summed E-state index contributed by atoms with van der Waals surface area (Å²) in [7, 11) is -3.05. The molecule has 15 heteroatoms. The van der Waals surface area contributed by atoms with Crippen molar-refractivity contribution in [2.24, 2.45) is 5.92 Å². The van der Waals surface area contributed by atoms with E-state index in [0.717, 1.165) is 11.1 Å². The highest BCUT2D eigenvalue weighted by Crippen LogP contribution is 2.59. The van der Waals surface area contributed by atoms with Gasteiger partial charge in [-0.05, 0) is 54.4 Å². The monoisotopic (exact) mass is 761 g/mol. The van der Waals surface area contributed by atoms with Gasteiger partial charge in [-0.25, -0.2) is 0 Å². The molecule has 3 aromatic carbocycles. The van der Waals surface area contributed by atoms with Crippen molar-refractivity contribution in [2.45, 2.75) is 99.9 Å². The van der Waals surface area contributed by atoms with E-state index in [-0.39, 0.29) is 31.4 Å². The SMILES string of the molecule is C[C@H]1[C@H]([Si](C)(C)O)[C@@H](CC(=O)N2Cc3ccccc3C[C@H]2CO)O[C@]12C(=O)N(Cc1ccc(NC(=O)[C@H]3O[C@@H](O)[C@H](O)[C@@H](O)[C@@H]3O)cc1)c1ccccc12. The van der Waals surface area contributed by atoms with Crippen LogP contribution < -0.4 is 10.2 Å². The Morgan fingerprint density at radius 3 is 2.28 bits per heavy atom. The standard InChI is InChI=1S/C39H47N3O11Si/c1-21-35(54(2,3)51)29(17-30(44)41-19-24-9-5-4-8-23(24)16-26(41)20-43)53-39(21)27-10-6-7-11-28(27)42(38(39)50)18-22-12-14-25(15-13-22)40-36(48)34-32(46)31(45)33(47)37(49)52-34/h4-15,21,26,29,31-35,37,43,45-47,49,51H,16-20H2,1-3H3,(H,40,48)/t21-,26-,29+,31-,32-,33+,34-,35-,37+,39+/m0/s1. The topological polar surface area (TPSA) is 210 Å². The van der Waals surface area contributed by atoms with Crippen LogP contribution in [0, 0.1) is 5.92 Å². The number of benzene rings is 3. The molecule has 7 rings (SSSR count). The molecule has 2 fully saturated rings. The number of aliphatic hydroxyl groups excluding tert-OH is 5. The predicted octanol–water partition coefficient (Wildman–Crippen LogP) is 1.11. The van der Waals surface area contributed by atoms with Crippen LogP contribution in [0.4, 0.5) is 11.4 Å². The van der Waals surface area contributed by atoms with Crippen LogP contribution in [0.25, 0.3) is 0 Å². The number of fused-ring (bicyclic) bond motifs is 3. The van der Waals surface area contributed by atoms with Gasteiger partial charge in [-0.3, -0.25) is 14.4 Å². The molecule has 0 aliphatic carbocycles. The molecule has 3 amide bonds. The molecule has 7 N–H and O–H groups in total. The smallest absolute Gasteiger partial charge is 0.264 e. The molecule has 2 saturated heterocycles. The van der Waals surface area contributed by atoms with E-state index in [9.17, 15) is 44.7 Å². The Morgan fingerprint density at radius 2 is 1.59 bits per heavy atom. The highest BCUT2D eigenvalue weighted by Gasteiger charge is 2.66. The lowest BCUT2D eigenvalue weighted by Gasteiger charge is -2.37. The van der Waals surface area contributed by atoms with Crippen molar-refractivity contribution < 1.29 is 54.2 Å². The maximum Gasteiger partial charge on any atom is 0.264 e. The van der Waals surface area contributed by atoms with Gasteiger partial charge in [0.25, 0.3) is 11.8 Å². The zero-order valence-corrected chi connectivity index (χ0v) is 31.3. The molecule has 0 radical (unpaired) electrons. The van der Waals surface area contributed by atoms with E-state index in [1.54, 1.807) is 47.2 Å². The molecular weight excluding hydrogens is 715 g/mol. The Bertz CT molecular complexity index is 1910. The minimum absolute atomic E-state index is 0.0591. The molecule has 14 nitrogen and oxygen atoms in total. The van der Waals surface area contributed by atoms with Crippen LogP contribution >= 0.6 is 0 Å². The average Bonchev–Trinajstić information content (AvgIpc) is 3.58. The van der Waals surface area contributed by atoms with Gasteiger partial charge in [-0.15, -0.1) is 0 Å². The Hall–Kier alpha value is -4.03. The number of para-hydroxylation sites is 1. The summed E-state index contributed by atoms with van der Waals surface area (Å²) in [6.45, 7) is 5.82. The third kappa shape index (κ3) is 6.56. The Labute approximate surface area is 313 Å². The van der Waals surface area contributed by atoms with E-state index in [2.05, 4.69) is 5.32 Å². The van der Waals surface area contributed by atoms with Crippen molar-refractivity contribution in [2.75, 3.05) is 16.8 Å². The fourth-order valence-electron chi connectivity index (χ4n) is 8.89. The zero-order chi connectivity index (χ0) is 38.7. The Kier molecular flexibility index (Phi) is 10.3. The molecule has 4 aliphatic heterocycles. The first-order valence-electron chi connectivity index (χ1n) is 18.2. The molecule has 1 spiro atoms. The van der Waals surface area contributed by atoms with E-state index >= 15 is 0 Å². The van der Waals surface area contributed by atoms with Crippen molar-refractivity contribution in [3.05, 3.63) is 95.1 Å². The van der Waals surface area contributed by atoms with E-state index in [4.69, 9.17) is 9.47 Å². The lowest BCUT2D eigenvalue weighted by molar-refractivity contribution is -0.274. The summed E-state index contributed by atoms with van der Waals surface area (Å²) in [6.07, 6.45) is -9.11. The molecule has 10 atom stereocenters. The highest BCUT2D eigenvalue weighted by atomic mass is 28.4. The Morgan fingerprint density at radius 1 is 0.926 bits per heavy atom. The molecule has 288 valence electrons. The summed E-state index contributed by atoms with van der Waals surface area (Å²) in [5.41, 5.74) is 2.52. The summed E-state index contributed by atoms with van der Waals surface area (Å²) < 4.78 is 11.9. The number of carbonyl (C=O) groups is 3. The predicted molar refractivity (Wildman–Crippen MR) is 197 cm³/mol. The molecule has 0 saturated carbocycles. The van der Waals surface area contributed by atoms with Gasteiger partial charge in [0.1, 0.15) is 18.3 Å². The molecule has 0 unspecified atom stereocenters. The molecule has 54 heavy (non-hydrogen) atoms. The number of hydrogen-bond acceptors (Lipinski definition) is 11. The first kappa shape index (κ1) is 38.2. The van der Waals surface area contributed by atoms with Crippen LogP contribution in [-0.2, 0) is 49.0 Å². The second kappa shape index (κ2) is 14.6. The number of nitrogens with one attached hydrogen (secondary N) is 1. The van der Waals surface area contributed by atoms with Crippen molar-refractivity contribution >= 4 is 37.4 Å². The average molecular weight is 762 g/mol. The van der Waals surface area contributed by atoms with Crippen LogP contribution in [0.2, 0.25) is 18.6 Å². The van der Waals surface area contributed by atoms with Gasteiger partial charge in [-0.2, -0.15) is 0 Å². The minimum Gasteiger partial charge on any atom is -0.432 e. The number of amides is 3. The lowest BCUT2D eigenvalue weighted by Crippen LogP contribution is -2.60. The second-order valence-corrected chi connectivity index (χ2v) is 19.4. The summed E-state index contributed by atoms with van der Waals surface area (Å²) in [5.74, 6) is -1.84. The second-order valence-electron chi connectivity index (χ2n) is 15.4. The number of hydrogen-bond donors (Lipinski definition) is 7. The molecule has 4 heterocycles. The van der Waals surface area contributed by atoms with Gasteiger partial charge in [0.2, 0.25) is 5.91 Å². The maximum atomic E-state index is 14.8. The van der Waals surface area contributed by atoms with Gasteiger partial charge in [-0.1, -0.05) is 61.5 Å². The number of rotatable bonds is 8. The lowest BCUT2D eigenvalue weighted by atomic mass is 9.82. The first-order valence-corrected chi connectivity index (χ1v) is 21.2. The molecule has 3 aromatic rings. The maximum absolute atomic E-state index is 14.8. The van der Waals surface area contributed by atoms with E-state index < -0.39 is 74.1 Å². The molecule has 0 aromatic heterocycles. The summed E-state index contributed by atoms with van der Waals surface area (Å²) in [6, 6.07) is 21.4. The quantitative estimate of drug-likeness (QED) is 0.162. The fraction of sp³-hybridized carbons (Fsp3) is 0.462. The van der Waals surface area contributed by atoms with Crippen LogP contribution in [0.3, 0.4) is 0 Å². The first-order chi connectivity index (χ1) is 25.6. The van der Waals surface area contributed by atoms with E-state index in [0.29, 0.717) is 35.5 Å². The van der Waals surface area contributed by atoms with Crippen molar-refractivity contribution in [1.82, 2.24) is 4.90 Å². The summed E-state index contributed by atoms with van der Waals surface area (Å²) >= 11 is 0. The largest absolute Gasteiger partial charge is 0.432 e. The Balaban J connectivity index is 1.11. The van der Waals surface area contributed by atoms with Gasteiger partial charge in [0.15, 0.2) is 26.3 Å². The van der Waals surface area contributed by atoms with E-state index in [1.165, 1.54) is 0 Å². The zero-order valence-electron chi connectivity index (χ0n) is 30.3. The molecule has 0 bridgehead atoms. The number of nitrogens with zero attached hydrogens (tertiary/aromatic N) is 2. The number of anilines is 2. The third-order valence-electron chi connectivity index (χ3n) is 11.6. The van der Waals surface area contributed by atoms with Gasteiger partial charge >= 0.3 is 0 Å². The van der Waals surface area contributed by atoms with Crippen LogP contribution in [-0.4, -0.2) is 111 Å². The fourth-order valence-corrected chi connectivity index (χ4v) is 11.4. The van der Waals surface area contributed by atoms with Gasteiger partial charge in [0.05, 0.1) is 37.4 Å². The van der Waals surface area contributed by atoms with Crippen LogP contribution in [0.15, 0.2) is 72.8 Å². The summed E-state index contributed by atoms with van der Waals surface area (Å²) in [5, 5.41) is 52.6. The molecular formula is C39H47N3O11Si.